The van der Waals surface area contributed by atoms with Gasteiger partial charge in [0.2, 0.25) is 0 Å². The average molecular weight is 247 g/mol. The third-order valence-electron chi connectivity index (χ3n) is 2.85. The van der Waals surface area contributed by atoms with E-state index < -0.39 is 4.92 Å². The highest BCUT2D eigenvalue weighted by molar-refractivity contribution is 5.65. The van der Waals surface area contributed by atoms with Gasteiger partial charge in [-0.25, -0.2) is 4.98 Å². The molecule has 0 aliphatic rings. The molecule has 18 heavy (non-hydrogen) atoms. The van der Waals surface area contributed by atoms with E-state index >= 15 is 0 Å². The minimum atomic E-state index is -0.435. The Kier molecular flexibility index (Phi) is 3.01. The fraction of sp³-hybridized carbons (Fsp3) is 0.250. The summed E-state index contributed by atoms with van der Waals surface area (Å²) in [6.07, 6.45) is 1.69. The molecule has 0 N–H and O–H groups in total. The Bertz CT molecular complexity index is 605. The Morgan fingerprint density at radius 2 is 2.11 bits per heavy atom. The van der Waals surface area contributed by atoms with Crippen molar-refractivity contribution in [3.05, 3.63) is 40.3 Å². The van der Waals surface area contributed by atoms with Gasteiger partial charge < -0.3 is 9.30 Å². The summed E-state index contributed by atoms with van der Waals surface area (Å²) in [5.41, 5.74) is 1.53. The molecule has 0 fully saturated rings. The van der Waals surface area contributed by atoms with Crippen LogP contribution in [0, 0.1) is 17.0 Å². The monoisotopic (exact) mass is 247 g/mol. The number of imidazole rings is 1. The third-order valence-corrected chi connectivity index (χ3v) is 2.85. The van der Waals surface area contributed by atoms with Gasteiger partial charge in [0.15, 0.2) is 0 Å². The molecule has 2 rings (SSSR count). The molecule has 6 nitrogen and oxygen atoms in total. The third kappa shape index (κ3) is 2.04. The maximum atomic E-state index is 10.9. The molecule has 2 aromatic rings. The van der Waals surface area contributed by atoms with Crippen LogP contribution in [0.5, 0.6) is 5.75 Å². The second-order valence-electron chi connectivity index (χ2n) is 3.93. The Morgan fingerprint density at radius 3 is 2.61 bits per heavy atom. The topological polar surface area (TPSA) is 70.2 Å². The summed E-state index contributed by atoms with van der Waals surface area (Å²) in [6.45, 7) is 1.87. The number of hydrogen-bond donors (Lipinski definition) is 0. The molecule has 1 aromatic carbocycles. The molecule has 6 heteroatoms. The van der Waals surface area contributed by atoms with Gasteiger partial charge in [-0.15, -0.1) is 0 Å². The van der Waals surface area contributed by atoms with Crippen LogP contribution >= 0.6 is 0 Å². The maximum Gasteiger partial charge on any atom is 0.273 e. The summed E-state index contributed by atoms with van der Waals surface area (Å²) in [5.74, 6) is 1.30. The lowest BCUT2D eigenvalue weighted by Crippen LogP contribution is -1.96. The molecule has 1 aromatic heterocycles. The van der Waals surface area contributed by atoms with Gasteiger partial charge in [-0.3, -0.25) is 10.1 Å². The number of benzene rings is 1. The average Bonchev–Trinajstić information content (AvgIpc) is 2.69. The van der Waals surface area contributed by atoms with E-state index in [1.165, 1.54) is 19.2 Å². The van der Waals surface area contributed by atoms with Crippen LogP contribution in [0.2, 0.25) is 0 Å². The van der Waals surface area contributed by atoms with Gasteiger partial charge in [-0.05, 0) is 13.0 Å². The van der Waals surface area contributed by atoms with Gasteiger partial charge in [0.05, 0.1) is 30.0 Å². The van der Waals surface area contributed by atoms with Crippen molar-refractivity contribution in [2.45, 2.75) is 6.92 Å². The number of nitro benzene ring substituents is 1. The Morgan fingerprint density at radius 1 is 1.39 bits per heavy atom. The normalized spacial score (nSPS) is 10.4. The summed E-state index contributed by atoms with van der Waals surface area (Å²) >= 11 is 0. The molecule has 0 aliphatic carbocycles. The molecule has 0 atom stereocenters. The van der Waals surface area contributed by atoms with E-state index in [4.69, 9.17) is 4.74 Å². The lowest BCUT2D eigenvalue weighted by molar-refractivity contribution is -0.384. The van der Waals surface area contributed by atoms with E-state index in [2.05, 4.69) is 4.98 Å². The Balaban J connectivity index is 2.60. The van der Waals surface area contributed by atoms with Crippen molar-refractivity contribution in [2.24, 2.45) is 7.05 Å². The smallest absolute Gasteiger partial charge is 0.273 e. The van der Waals surface area contributed by atoms with E-state index in [0.717, 1.165) is 11.5 Å². The van der Waals surface area contributed by atoms with Gasteiger partial charge in [-0.1, -0.05) is 0 Å². The van der Waals surface area contributed by atoms with Crippen LogP contribution in [0.4, 0.5) is 5.69 Å². The number of ether oxygens (including phenoxy) is 1. The molecule has 0 saturated carbocycles. The van der Waals surface area contributed by atoms with Crippen molar-refractivity contribution in [3.8, 4) is 17.0 Å². The molecule has 1 heterocycles. The highest BCUT2D eigenvalue weighted by atomic mass is 16.6. The van der Waals surface area contributed by atoms with Gasteiger partial charge in [0, 0.05) is 18.7 Å². The molecule has 0 aliphatic heterocycles. The van der Waals surface area contributed by atoms with Crippen LogP contribution in [-0.2, 0) is 7.05 Å². The van der Waals surface area contributed by atoms with Crippen LogP contribution in [0.15, 0.2) is 24.4 Å². The van der Waals surface area contributed by atoms with E-state index in [9.17, 15) is 10.1 Å². The van der Waals surface area contributed by atoms with Crippen LogP contribution in [0.3, 0.4) is 0 Å². The number of hydrogen-bond acceptors (Lipinski definition) is 4. The molecular formula is C12H13N3O3. The van der Waals surface area contributed by atoms with Gasteiger partial charge in [-0.2, -0.15) is 0 Å². The lowest BCUT2D eigenvalue weighted by Gasteiger charge is -2.06. The van der Waals surface area contributed by atoms with Crippen molar-refractivity contribution in [1.82, 2.24) is 9.55 Å². The second kappa shape index (κ2) is 4.48. The van der Waals surface area contributed by atoms with Crippen molar-refractivity contribution in [2.75, 3.05) is 7.11 Å². The van der Waals surface area contributed by atoms with Crippen LogP contribution < -0.4 is 4.74 Å². The predicted octanol–water partition coefficient (Wildman–Crippen LogP) is 2.31. The van der Waals surface area contributed by atoms with Crippen molar-refractivity contribution in [3.63, 3.8) is 0 Å². The summed E-state index contributed by atoms with van der Waals surface area (Å²) in [6, 6.07) is 4.66. The molecule has 0 unspecified atom stereocenters. The SMILES string of the molecule is COc1cc(-c2cnc(C)n2C)cc([N+](=O)[O-])c1. The largest absolute Gasteiger partial charge is 0.496 e. The fourth-order valence-electron chi connectivity index (χ4n) is 1.72. The predicted molar refractivity (Wildman–Crippen MR) is 66.6 cm³/mol. The quantitative estimate of drug-likeness (QED) is 0.616. The number of methoxy groups -OCH3 is 1. The van der Waals surface area contributed by atoms with E-state index in [-0.39, 0.29) is 5.69 Å². The Hall–Kier alpha value is -2.37. The number of non-ortho nitro benzene ring substituents is 1. The molecule has 94 valence electrons. The first kappa shape index (κ1) is 12.1. The van der Waals surface area contributed by atoms with E-state index in [1.54, 1.807) is 12.3 Å². The summed E-state index contributed by atoms with van der Waals surface area (Å²) < 4.78 is 6.95. The highest BCUT2D eigenvalue weighted by Gasteiger charge is 2.14. The number of nitro groups is 1. The molecule has 0 radical (unpaired) electrons. The van der Waals surface area contributed by atoms with Crippen LogP contribution in [-0.4, -0.2) is 21.6 Å². The first-order valence-electron chi connectivity index (χ1n) is 5.35. The number of aromatic nitrogens is 2. The van der Waals surface area contributed by atoms with Crippen molar-refractivity contribution < 1.29 is 9.66 Å². The lowest BCUT2D eigenvalue weighted by atomic mass is 10.1. The number of nitrogens with zero attached hydrogens (tertiary/aromatic N) is 3. The van der Waals surface area contributed by atoms with Gasteiger partial charge in [0.1, 0.15) is 11.6 Å². The van der Waals surface area contributed by atoms with Crippen LogP contribution in [0.1, 0.15) is 5.82 Å². The molecule has 0 saturated heterocycles. The van der Waals surface area contributed by atoms with E-state index in [1.807, 2.05) is 18.5 Å². The first-order valence-corrected chi connectivity index (χ1v) is 5.35. The van der Waals surface area contributed by atoms with E-state index in [0.29, 0.717) is 11.3 Å². The Labute approximate surface area is 104 Å². The minimum Gasteiger partial charge on any atom is -0.496 e. The molecule has 0 amide bonds. The number of rotatable bonds is 3. The summed E-state index contributed by atoms with van der Waals surface area (Å²) in [5, 5.41) is 10.9. The molecule has 0 bridgehead atoms. The van der Waals surface area contributed by atoms with Gasteiger partial charge in [0.25, 0.3) is 5.69 Å². The van der Waals surface area contributed by atoms with Gasteiger partial charge >= 0.3 is 0 Å². The zero-order valence-electron chi connectivity index (χ0n) is 10.4. The van der Waals surface area contributed by atoms with Crippen molar-refractivity contribution >= 4 is 5.69 Å². The highest BCUT2D eigenvalue weighted by Crippen LogP contribution is 2.29. The summed E-state index contributed by atoms with van der Waals surface area (Å²) in [4.78, 5) is 14.6. The first-order chi connectivity index (χ1) is 8.52. The second-order valence-corrected chi connectivity index (χ2v) is 3.93. The maximum absolute atomic E-state index is 10.9. The number of aryl methyl sites for hydroxylation is 1. The zero-order chi connectivity index (χ0) is 13.3. The summed E-state index contributed by atoms with van der Waals surface area (Å²) in [7, 11) is 3.35. The fourth-order valence-corrected chi connectivity index (χ4v) is 1.72. The molecule has 0 spiro atoms. The minimum absolute atomic E-state index is 0.00297. The standard InChI is InChI=1S/C12H13N3O3/c1-8-13-7-12(14(8)2)9-4-10(15(16)17)6-11(5-9)18-3/h4-7H,1-3H3. The van der Waals surface area contributed by atoms with Crippen molar-refractivity contribution in [1.29, 1.82) is 0 Å². The zero-order valence-corrected chi connectivity index (χ0v) is 10.4. The van der Waals surface area contributed by atoms with Crippen LogP contribution in [0.25, 0.3) is 11.3 Å². The molecular weight excluding hydrogens is 234 g/mol.